The molecule has 0 rings (SSSR count). The van der Waals surface area contributed by atoms with Crippen molar-refractivity contribution in [2.75, 3.05) is 19.7 Å². The third-order valence-corrected chi connectivity index (χ3v) is 2.54. The number of phosphoric ester groups is 1. The zero-order valence-corrected chi connectivity index (χ0v) is 10.4. The number of nitroso groups, excluding NO2 is 1. The number of nitrogens with one attached hydrogen (secondary N) is 1. The molecule has 0 atom stereocenters. The van der Waals surface area contributed by atoms with Crippen molar-refractivity contribution in [3.8, 4) is 0 Å². The molecule has 0 aliphatic carbocycles. The van der Waals surface area contributed by atoms with Crippen LogP contribution in [0.4, 0.5) is 0 Å². The van der Waals surface area contributed by atoms with Crippen molar-refractivity contribution in [1.29, 1.82) is 0 Å². The van der Waals surface area contributed by atoms with Crippen LogP contribution in [0, 0.1) is 4.91 Å². The molecular formula is C8H19N2O5P. The van der Waals surface area contributed by atoms with Crippen LogP contribution < -0.4 is 5.32 Å². The van der Waals surface area contributed by atoms with Gasteiger partial charge in [-0.1, -0.05) is 5.18 Å². The summed E-state index contributed by atoms with van der Waals surface area (Å²) in [4.78, 5) is 26.8. The molecule has 0 aliphatic heterocycles. The number of phosphoric acid groups is 1. The van der Waals surface area contributed by atoms with Gasteiger partial charge >= 0.3 is 7.82 Å². The maximum atomic E-state index is 10.4. The Bertz CT molecular complexity index is 253. The van der Waals surface area contributed by atoms with Crippen molar-refractivity contribution in [2.45, 2.75) is 32.2 Å². The largest absolute Gasteiger partial charge is 0.469 e. The van der Waals surface area contributed by atoms with Gasteiger partial charge in [0.05, 0.1) is 13.2 Å². The molecule has 0 aromatic carbocycles. The maximum absolute atomic E-state index is 10.4. The van der Waals surface area contributed by atoms with Crippen LogP contribution in [0.25, 0.3) is 0 Å². The van der Waals surface area contributed by atoms with Crippen LogP contribution in [0.1, 0.15) is 26.7 Å². The maximum Gasteiger partial charge on any atom is 0.469 e. The highest BCUT2D eigenvalue weighted by Gasteiger charge is 2.20. The van der Waals surface area contributed by atoms with Gasteiger partial charge in [0.2, 0.25) is 0 Å². The second-order valence-corrected chi connectivity index (χ2v) is 5.33. The van der Waals surface area contributed by atoms with E-state index in [1.54, 1.807) is 0 Å². The van der Waals surface area contributed by atoms with Crippen LogP contribution in [-0.4, -0.2) is 35.0 Å². The van der Waals surface area contributed by atoms with Gasteiger partial charge in [-0.25, -0.2) is 4.57 Å². The number of nitrogens with zero attached hydrogens (tertiary/aromatic N) is 1. The van der Waals surface area contributed by atoms with E-state index in [4.69, 9.17) is 9.79 Å². The second kappa shape index (κ2) is 7.09. The van der Waals surface area contributed by atoms with E-state index >= 15 is 0 Å². The van der Waals surface area contributed by atoms with E-state index in [2.05, 4.69) is 15.0 Å². The van der Waals surface area contributed by atoms with Crippen molar-refractivity contribution in [1.82, 2.24) is 5.32 Å². The number of hydrogen-bond donors (Lipinski definition) is 3. The van der Waals surface area contributed by atoms with E-state index < -0.39 is 7.82 Å². The molecule has 0 aliphatic rings. The standard InChI is InChI=1S/C8H19N2O5P/c1-8(2,9-5-3-6-10-11)4-7-15-16(12,13)14/h9H,3-7H2,1-2H3,(H2,12,13,14). The molecule has 7 nitrogen and oxygen atoms in total. The lowest BCUT2D eigenvalue weighted by molar-refractivity contribution is 0.176. The molecule has 0 saturated carbocycles. The molecule has 0 saturated heterocycles. The Hall–Kier alpha value is -0.330. The zero-order valence-electron chi connectivity index (χ0n) is 9.55. The van der Waals surface area contributed by atoms with Crippen molar-refractivity contribution < 1.29 is 18.9 Å². The summed E-state index contributed by atoms with van der Waals surface area (Å²) in [5.41, 5.74) is -0.294. The van der Waals surface area contributed by atoms with Gasteiger partial charge in [0.25, 0.3) is 0 Å². The number of rotatable bonds is 9. The summed E-state index contributed by atoms with van der Waals surface area (Å²) in [5, 5.41) is 5.88. The SMILES string of the molecule is CC(C)(CCOP(=O)(O)O)NCCCN=O. The smallest absolute Gasteiger partial charge is 0.312 e. The molecule has 0 aromatic rings. The van der Waals surface area contributed by atoms with Gasteiger partial charge in [-0.05, 0) is 33.2 Å². The molecular weight excluding hydrogens is 235 g/mol. The van der Waals surface area contributed by atoms with Crippen LogP contribution in [-0.2, 0) is 9.09 Å². The first kappa shape index (κ1) is 15.7. The normalized spacial score (nSPS) is 12.8. The second-order valence-electron chi connectivity index (χ2n) is 4.09. The van der Waals surface area contributed by atoms with Gasteiger partial charge < -0.3 is 15.1 Å². The van der Waals surface area contributed by atoms with E-state index in [1.165, 1.54) is 0 Å². The average Bonchev–Trinajstić information content (AvgIpc) is 2.10. The van der Waals surface area contributed by atoms with Gasteiger partial charge in [0.1, 0.15) is 0 Å². The Morgan fingerprint density at radius 1 is 1.44 bits per heavy atom. The lowest BCUT2D eigenvalue weighted by Crippen LogP contribution is -2.40. The first-order chi connectivity index (χ1) is 7.27. The van der Waals surface area contributed by atoms with Crippen LogP contribution in [0.3, 0.4) is 0 Å². The Balaban J connectivity index is 3.69. The first-order valence-corrected chi connectivity index (χ1v) is 6.54. The Labute approximate surface area is 94.8 Å². The van der Waals surface area contributed by atoms with E-state index in [-0.39, 0.29) is 18.7 Å². The molecule has 0 radical (unpaired) electrons. The zero-order chi connectivity index (χ0) is 12.7. The topological polar surface area (TPSA) is 108 Å². The highest BCUT2D eigenvalue weighted by Crippen LogP contribution is 2.36. The monoisotopic (exact) mass is 254 g/mol. The summed E-state index contributed by atoms with van der Waals surface area (Å²) in [6.45, 7) is 4.67. The minimum Gasteiger partial charge on any atom is -0.312 e. The fourth-order valence-electron chi connectivity index (χ4n) is 1.08. The van der Waals surface area contributed by atoms with Gasteiger partial charge in [-0.15, -0.1) is 0 Å². The van der Waals surface area contributed by atoms with Crippen LogP contribution >= 0.6 is 7.82 Å². The molecule has 0 fully saturated rings. The van der Waals surface area contributed by atoms with E-state index in [0.717, 1.165) is 0 Å². The summed E-state index contributed by atoms with van der Waals surface area (Å²) in [7, 11) is -4.37. The Morgan fingerprint density at radius 2 is 2.06 bits per heavy atom. The fourth-order valence-corrected chi connectivity index (χ4v) is 1.41. The fraction of sp³-hybridized carbons (Fsp3) is 1.00. The van der Waals surface area contributed by atoms with Crippen LogP contribution in [0.15, 0.2) is 5.18 Å². The van der Waals surface area contributed by atoms with Gasteiger partial charge in [0, 0.05) is 5.54 Å². The molecule has 3 N–H and O–H groups in total. The molecule has 16 heavy (non-hydrogen) atoms. The summed E-state index contributed by atoms with van der Waals surface area (Å²) in [5.74, 6) is 0. The lowest BCUT2D eigenvalue weighted by atomic mass is 10.0. The summed E-state index contributed by atoms with van der Waals surface area (Å²) in [6, 6.07) is 0. The first-order valence-electron chi connectivity index (χ1n) is 5.01. The molecule has 0 heterocycles. The minimum absolute atomic E-state index is 0.0177. The van der Waals surface area contributed by atoms with Crippen LogP contribution in [0.2, 0.25) is 0 Å². The third kappa shape index (κ3) is 10.2. The van der Waals surface area contributed by atoms with Crippen LogP contribution in [0.5, 0.6) is 0 Å². The van der Waals surface area contributed by atoms with E-state index in [9.17, 15) is 9.47 Å². The quantitative estimate of drug-likeness (QED) is 0.322. The van der Waals surface area contributed by atoms with Gasteiger partial charge in [0.15, 0.2) is 0 Å². The van der Waals surface area contributed by atoms with Crippen molar-refractivity contribution >= 4 is 7.82 Å². The molecule has 0 aromatic heterocycles. The summed E-state index contributed by atoms with van der Waals surface area (Å²) < 4.78 is 14.8. The van der Waals surface area contributed by atoms with Crippen molar-refractivity contribution in [3.05, 3.63) is 4.91 Å². The highest BCUT2D eigenvalue weighted by molar-refractivity contribution is 7.46. The van der Waals surface area contributed by atoms with E-state index in [0.29, 0.717) is 19.4 Å². The molecule has 0 bridgehead atoms. The summed E-state index contributed by atoms with van der Waals surface area (Å²) in [6.07, 6.45) is 1.11. The third-order valence-electron chi connectivity index (χ3n) is 2.02. The molecule has 0 amide bonds. The van der Waals surface area contributed by atoms with Gasteiger partial charge in [-0.3, -0.25) is 4.52 Å². The van der Waals surface area contributed by atoms with Crippen molar-refractivity contribution in [3.63, 3.8) is 0 Å². The Morgan fingerprint density at radius 3 is 2.56 bits per heavy atom. The van der Waals surface area contributed by atoms with Gasteiger partial charge in [-0.2, -0.15) is 4.91 Å². The molecule has 0 spiro atoms. The predicted octanol–water partition coefficient (Wildman–Crippen LogP) is 1.01. The van der Waals surface area contributed by atoms with E-state index in [1.807, 2.05) is 13.8 Å². The molecule has 96 valence electrons. The predicted molar refractivity (Wildman–Crippen MR) is 60.0 cm³/mol. The molecule has 0 unspecified atom stereocenters. The minimum atomic E-state index is -4.37. The highest BCUT2D eigenvalue weighted by atomic mass is 31.2. The summed E-state index contributed by atoms with van der Waals surface area (Å²) >= 11 is 0. The average molecular weight is 254 g/mol. The lowest BCUT2D eigenvalue weighted by Gasteiger charge is -2.26. The molecule has 8 heteroatoms. The van der Waals surface area contributed by atoms with Crippen molar-refractivity contribution in [2.24, 2.45) is 5.18 Å². The Kier molecular flexibility index (Phi) is 6.94. The number of hydrogen-bond acceptors (Lipinski definition) is 5.